The van der Waals surface area contributed by atoms with Crippen molar-refractivity contribution in [2.24, 2.45) is 0 Å². The zero-order valence-corrected chi connectivity index (χ0v) is 29.7. The maximum absolute atomic E-state index is 12.2. The summed E-state index contributed by atoms with van der Waals surface area (Å²) < 4.78 is 0.951. The maximum Gasteiger partial charge on any atom is 0.132 e. The Balaban J connectivity index is 0. The van der Waals surface area contributed by atoms with Crippen LogP contribution in [0.3, 0.4) is 0 Å². The summed E-state index contributed by atoms with van der Waals surface area (Å²) in [6.45, 7) is 4.64. The Hall–Kier alpha value is -0.380. The Bertz CT molecular complexity index is 563. The van der Waals surface area contributed by atoms with E-state index in [-0.39, 0.29) is 12.4 Å². The van der Waals surface area contributed by atoms with Crippen molar-refractivity contribution in [3.63, 3.8) is 0 Å². The third kappa shape index (κ3) is 35.8. The predicted octanol–water partition coefficient (Wildman–Crippen LogP) is 8.52. The van der Waals surface area contributed by atoms with Crippen LogP contribution < -0.4 is 12.4 Å². The predicted molar refractivity (Wildman–Crippen MR) is 183 cm³/mol. The van der Waals surface area contributed by atoms with Crippen LogP contribution in [0, 0.1) is 0 Å². The lowest BCUT2D eigenvalue weighted by Crippen LogP contribution is -3.00. The number of carbonyl (C=O) groups is 1. The van der Waals surface area contributed by atoms with Gasteiger partial charge in [0.2, 0.25) is 0 Å². The molecule has 0 aromatic carbocycles. The number of carbonyl (C=O) groups excluding carboxylic acids is 1. The van der Waals surface area contributed by atoms with Gasteiger partial charge in [-0.3, -0.25) is 4.79 Å². The van der Waals surface area contributed by atoms with E-state index in [9.17, 15) is 4.79 Å². The molecule has 1 N–H and O–H groups in total. The van der Waals surface area contributed by atoms with E-state index >= 15 is 0 Å². The fraction of sp³-hybridized carbons (Fsp3) is 0.921. The highest BCUT2D eigenvalue weighted by molar-refractivity contribution is 5.78. The minimum absolute atomic E-state index is 0. The number of aliphatic hydroxyl groups excluding tert-OH is 1. The van der Waals surface area contributed by atoms with Crippen LogP contribution in [0.15, 0.2) is 12.2 Å². The van der Waals surface area contributed by atoms with Gasteiger partial charge < -0.3 is 22.0 Å². The fourth-order valence-electron chi connectivity index (χ4n) is 5.88. The molecule has 0 aliphatic rings. The molecule has 0 spiro atoms. The summed E-state index contributed by atoms with van der Waals surface area (Å²) in [7, 11) is 4.44. The van der Waals surface area contributed by atoms with Crippen LogP contribution in [-0.2, 0) is 4.79 Å². The van der Waals surface area contributed by atoms with Crippen LogP contribution in [-0.4, -0.2) is 49.2 Å². The van der Waals surface area contributed by atoms with E-state index in [4.69, 9.17) is 5.11 Å². The minimum Gasteiger partial charge on any atom is -1.00 e. The van der Waals surface area contributed by atoms with Gasteiger partial charge in [-0.15, -0.1) is 0 Å². The van der Waals surface area contributed by atoms with Crippen LogP contribution in [0.25, 0.3) is 0 Å². The van der Waals surface area contributed by atoms with Gasteiger partial charge in [-0.1, -0.05) is 141 Å². The molecule has 0 aromatic heterocycles. The van der Waals surface area contributed by atoms with E-state index in [1.807, 2.05) is 0 Å². The number of ketones is 1. The van der Waals surface area contributed by atoms with E-state index in [1.165, 1.54) is 167 Å². The van der Waals surface area contributed by atoms with Crippen LogP contribution in [0.5, 0.6) is 0 Å². The number of nitrogens with zero attached hydrogens (tertiary/aromatic N) is 1. The van der Waals surface area contributed by atoms with Crippen molar-refractivity contribution in [2.45, 2.75) is 193 Å². The summed E-state index contributed by atoms with van der Waals surface area (Å²) in [6, 6.07) is 0. The minimum atomic E-state index is 0. The number of hydrogen-bond donors (Lipinski definition) is 1. The van der Waals surface area contributed by atoms with Crippen molar-refractivity contribution in [1.29, 1.82) is 0 Å². The number of Topliss-reactive ketones (excluding diaryl/α,β-unsaturated/α-hetero) is 1. The molecule has 0 unspecified atom stereocenters. The fourth-order valence-corrected chi connectivity index (χ4v) is 5.88. The van der Waals surface area contributed by atoms with Crippen molar-refractivity contribution in [3.8, 4) is 0 Å². The molecule has 3 nitrogen and oxygen atoms in total. The number of rotatable bonds is 34. The summed E-state index contributed by atoms with van der Waals surface area (Å²) in [5.74, 6) is 0.507. The molecule has 0 aliphatic carbocycles. The highest BCUT2D eigenvalue weighted by Crippen LogP contribution is 2.15. The lowest BCUT2D eigenvalue weighted by Gasteiger charge is -2.28. The molecule has 0 atom stereocenters. The first-order valence-corrected chi connectivity index (χ1v) is 18.6. The first-order chi connectivity index (χ1) is 20.0. The average molecular weight is 614 g/mol. The Kier molecular flexibility index (Phi) is 36.6. The Morgan fingerprint density at radius 1 is 0.500 bits per heavy atom. The summed E-state index contributed by atoms with van der Waals surface area (Å²) in [4.78, 5) is 12.2. The van der Waals surface area contributed by atoms with Crippen LogP contribution in [0.4, 0.5) is 0 Å². The van der Waals surface area contributed by atoms with Crippen LogP contribution in [0.1, 0.15) is 193 Å². The standard InChI is InChI=1S/C38H76NO2.ClH/c1-4-5-6-7-8-9-10-11-12-15-18-21-24-27-30-33-38(41)34-31-28-25-22-19-16-13-14-17-20-23-26-29-32-35-39(2,3)36-37-40;/h11-12,40H,4-10,13-37H2,1-3H3;1H/q+1;/p-1/b12-11-;. The largest absolute Gasteiger partial charge is 1.00 e. The van der Waals surface area contributed by atoms with Gasteiger partial charge in [-0.05, 0) is 51.4 Å². The molecule has 0 saturated carbocycles. The molecular weight excluding hydrogens is 538 g/mol. The van der Waals surface area contributed by atoms with Gasteiger partial charge in [-0.2, -0.15) is 0 Å². The Labute approximate surface area is 271 Å². The average Bonchev–Trinajstić information content (AvgIpc) is 2.94. The first-order valence-electron chi connectivity index (χ1n) is 18.6. The quantitative estimate of drug-likeness (QED) is 0.0449. The van der Waals surface area contributed by atoms with E-state index in [2.05, 4.69) is 33.2 Å². The lowest BCUT2D eigenvalue weighted by atomic mass is 10.0. The second-order valence-corrected chi connectivity index (χ2v) is 13.7. The molecule has 0 radical (unpaired) electrons. The molecule has 0 fully saturated rings. The van der Waals surface area contributed by atoms with Crippen molar-refractivity contribution in [3.05, 3.63) is 12.2 Å². The molecule has 0 amide bonds. The molecule has 4 heteroatoms. The van der Waals surface area contributed by atoms with E-state index in [0.717, 1.165) is 36.7 Å². The second-order valence-electron chi connectivity index (χ2n) is 13.7. The number of likely N-dealkylation sites (N-methyl/N-ethyl adjacent to an activating group) is 1. The van der Waals surface area contributed by atoms with Gasteiger partial charge in [-0.25, -0.2) is 0 Å². The number of hydrogen-bond acceptors (Lipinski definition) is 2. The van der Waals surface area contributed by atoms with Crippen molar-refractivity contribution in [2.75, 3.05) is 33.8 Å². The molecule has 0 heterocycles. The second kappa shape index (κ2) is 35.1. The van der Waals surface area contributed by atoms with Gasteiger partial charge >= 0.3 is 0 Å². The molecule has 0 saturated heterocycles. The van der Waals surface area contributed by atoms with Gasteiger partial charge in [0.05, 0.1) is 27.2 Å². The van der Waals surface area contributed by atoms with Gasteiger partial charge in [0.15, 0.2) is 0 Å². The van der Waals surface area contributed by atoms with Crippen LogP contribution >= 0.6 is 0 Å². The highest BCUT2D eigenvalue weighted by atomic mass is 35.5. The highest BCUT2D eigenvalue weighted by Gasteiger charge is 2.12. The third-order valence-corrected chi connectivity index (χ3v) is 8.89. The van der Waals surface area contributed by atoms with Crippen LogP contribution in [0.2, 0.25) is 0 Å². The van der Waals surface area contributed by atoms with Crippen molar-refractivity contribution >= 4 is 5.78 Å². The molecule has 42 heavy (non-hydrogen) atoms. The molecule has 0 bridgehead atoms. The molecular formula is C38H76ClNO2. The Morgan fingerprint density at radius 3 is 1.21 bits per heavy atom. The SMILES string of the molecule is CCCCCCCC/C=C\CCCCCCCC(=O)CCCCCCCCCCCCCCCC[N+](C)(C)CCO.[Cl-]. The Morgan fingerprint density at radius 2 is 0.833 bits per heavy atom. The van der Waals surface area contributed by atoms with Gasteiger partial charge in [0, 0.05) is 12.8 Å². The number of unbranched alkanes of at least 4 members (excludes halogenated alkanes) is 24. The zero-order valence-electron chi connectivity index (χ0n) is 29.0. The number of halogens is 1. The third-order valence-electron chi connectivity index (χ3n) is 8.89. The summed E-state index contributed by atoms with van der Waals surface area (Å²) in [5.41, 5.74) is 0. The van der Waals surface area contributed by atoms with E-state index < -0.39 is 0 Å². The monoisotopic (exact) mass is 614 g/mol. The first kappa shape index (κ1) is 43.7. The van der Waals surface area contributed by atoms with Crippen molar-refractivity contribution in [1.82, 2.24) is 0 Å². The maximum atomic E-state index is 12.2. The molecule has 252 valence electrons. The van der Waals surface area contributed by atoms with Gasteiger partial charge in [0.25, 0.3) is 0 Å². The lowest BCUT2D eigenvalue weighted by molar-refractivity contribution is -0.890. The summed E-state index contributed by atoms with van der Waals surface area (Å²) in [6.07, 6.45) is 42.4. The molecule has 0 rings (SSSR count). The summed E-state index contributed by atoms with van der Waals surface area (Å²) >= 11 is 0. The van der Waals surface area contributed by atoms with E-state index in [0.29, 0.717) is 12.4 Å². The summed E-state index contributed by atoms with van der Waals surface area (Å²) in [5, 5.41) is 9.10. The number of quaternary nitrogens is 1. The smallest absolute Gasteiger partial charge is 0.132 e. The molecule has 0 aromatic rings. The topological polar surface area (TPSA) is 37.3 Å². The van der Waals surface area contributed by atoms with Crippen molar-refractivity contribution < 1.29 is 26.8 Å². The number of allylic oxidation sites excluding steroid dienone is 2. The molecule has 0 aliphatic heterocycles. The van der Waals surface area contributed by atoms with Gasteiger partial charge in [0.1, 0.15) is 12.3 Å². The number of aliphatic hydroxyl groups is 1. The zero-order chi connectivity index (χ0) is 30.1. The van der Waals surface area contributed by atoms with E-state index in [1.54, 1.807) is 0 Å². The normalized spacial score (nSPS) is 11.8.